The third-order valence-electron chi connectivity index (χ3n) is 5.21. The van der Waals surface area contributed by atoms with E-state index >= 15 is 0 Å². The number of benzene rings is 2. The molecule has 0 aliphatic carbocycles. The summed E-state index contributed by atoms with van der Waals surface area (Å²) in [6, 6.07) is 16.0. The summed E-state index contributed by atoms with van der Waals surface area (Å²) in [6.45, 7) is 1.87. The zero-order chi connectivity index (χ0) is 18.8. The quantitative estimate of drug-likeness (QED) is 0.660. The van der Waals surface area contributed by atoms with Crippen molar-refractivity contribution in [2.24, 2.45) is 0 Å². The summed E-state index contributed by atoms with van der Waals surface area (Å²) in [6.07, 6.45) is 2.99. The van der Waals surface area contributed by atoms with E-state index in [1.54, 1.807) is 7.11 Å². The molecule has 0 fully saturated rings. The highest BCUT2D eigenvalue weighted by molar-refractivity contribution is 5.35. The van der Waals surface area contributed by atoms with Crippen molar-refractivity contribution >= 4 is 0 Å². The van der Waals surface area contributed by atoms with Gasteiger partial charge >= 0.3 is 0 Å². The van der Waals surface area contributed by atoms with Crippen molar-refractivity contribution in [2.45, 2.75) is 25.6 Å². The molecule has 3 aromatic rings. The average molecular weight is 368 g/mol. The van der Waals surface area contributed by atoms with E-state index in [-0.39, 0.29) is 18.2 Å². The zero-order valence-electron chi connectivity index (χ0n) is 15.2. The summed E-state index contributed by atoms with van der Waals surface area (Å²) >= 11 is 0. The van der Waals surface area contributed by atoms with E-state index in [0.717, 1.165) is 36.5 Å². The Labute approximate surface area is 157 Å². The van der Waals surface area contributed by atoms with Gasteiger partial charge in [0.1, 0.15) is 17.4 Å². The lowest BCUT2D eigenvalue weighted by Gasteiger charge is -2.31. The van der Waals surface area contributed by atoms with E-state index < -0.39 is 11.6 Å². The largest absolute Gasteiger partial charge is 0.497 e. The smallest absolute Gasteiger partial charge is 0.130 e. The number of hydrogen-bond donors (Lipinski definition) is 0. The highest BCUT2D eigenvalue weighted by Crippen LogP contribution is 2.34. The molecule has 2 heterocycles. The van der Waals surface area contributed by atoms with Gasteiger partial charge in [0.25, 0.3) is 0 Å². The van der Waals surface area contributed by atoms with Crippen LogP contribution in [-0.4, -0.2) is 23.1 Å². The van der Waals surface area contributed by atoms with Crippen LogP contribution in [0.25, 0.3) is 0 Å². The van der Waals surface area contributed by atoms with Crippen molar-refractivity contribution in [1.29, 1.82) is 0 Å². The lowest BCUT2D eigenvalue weighted by atomic mass is 10.0. The zero-order valence-corrected chi connectivity index (χ0v) is 15.2. The molecule has 1 aromatic heterocycles. The first-order chi connectivity index (χ1) is 13.2. The Morgan fingerprint density at radius 1 is 0.963 bits per heavy atom. The molecule has 0 saturated heterocycles. The monoisotopic (exact) mass is 368 g/mol. The van der Waals surface area contributed by atoms with Gasteiger partial charge in [-0.3, -0.25) is 4.90 Å². The molecule has 5 heteroatoms. The minimum Gasteiger partial charge on any atom is -0.497 e. The second-order valence-electron chi connectivity index (χ2n) is 6.83. The van der Waals surface area contributed by atoms with Gasteiger partial charge < -0.3 is 9.30 Å². The van der Waals surface area contributed by atoms with Crippen LogP contribution in [0.2, 0.25) is 0 Å². The molecule has 27 heavy (non-hydrogen) atoms. The first-order valence-electron chi connectivity index (χ1n) is 9.13. The maximum atomic E-state index is 14.3. The average Bonchev–Trinajstić information content (AvgIpc) is 3.06. The lowest BCUT2D eigenvalue weighted by Crippen LogP contribution is -2.30. The highest BCUT2D eigenvalue weighted by Gasteiger charge is 2.28. The second-order valence-corrected chi connectivity index (χ2v) is 6.83. The highest BCUT2D eigenvalue weighted by atomic mass is 19.1. The van der Waals surface area contributed by atoms with Crippen molar-refractivity contribution in [1.82, 2.24) is 9.47 Å². The maximum Gasteiger partial charge on any atom is 0.130 e. The normalized spacial score (nSPS) is 17.4. The van der Waals surface area contributed by atoms with Crippen LogP contribution < -0.4 is 4.74 Å². The summed E-state index contributed by atoms with van der Waals surface area (Å²) in [5, 5.41) is 0. The molecular weight excluding hydrogens is 346 g/mol. The Hall–Kier alpha value is -2.66. The van der Waals surface area contributed by atoms with Crippen molar-refractivity contribution in [3.63, 3.8) is 0 Å². The SMILES string of the molecule is COc1ccc([C@H]2c3cccn3CCCN2Cc2c(F)cccc2F)cc1. The Kier molecular flexibility index (Phi) is 4.94. The third kappa shape index (κ3) is 3.47. The van der Waals surface area contributed by atoms with Crippen LogP contribution in [0.1, 0.15) is 29.3 Å². The number of aromatic nitrogens is 1. The number of halogens is 2. The predicted molar refractivity (Wildman–Crippen MR) is 101 cm³/mol. The topological polar surface area (TPSA) is 17.4 Å². The fourth-order valence-corrected chi connectivity index (χ4v) is 3.86. The van der Waals surface area contributed by atoms with Crippen LogP contribution in [0.4, 0.5) is 8.78 Å². The molecule has 0 spiro atoms. The van der Waals surface area contributed by atoms with Gasteiger partial charge in [-0.15, -0.1) is 0 Å². The minimum atomic E-state index is -0.497. The van der Waals surface area contributed by atoms with Crippen LogP contribution in [-0.2, 0) is 13.1 Å². The van der Waals surface area contributed by atoms with Crippen molar-refractivity contribution < 1.29 is 13.5 Å². The molecule has 140 valence electrons. The molecule has 2 aromatic carbocycles. The number of methoxy groups -OCH3 is 1. The third-order valence-corrected chi connectivity index (χ3v) is 5.21. The molecule has 3 nitrogen and oxygen atoms in total. The van der Waals surface area contributed by atoms with E-state index in [2.05, 4.69) is 21.7 Å². The van der Waals surface area contributed by atoms with Crippen LogP contribution >= 0.6 is 0 Å². The maximum absolute atomic E-state index is 14.3. The number of rotatable bonds is 4. The molecule has 4 rings (SSSR count). The summed E-state index contributed by atoms with van der Waals surface area (Å²) in [5.74, 6) is -0.208. The first-order valence-corrected chi connectivity index (χ1v) is 9.13. The number of fused-ring (bicyclic) bond motifs is 1. The molecule has 1 aliphatic heterocycles. The number of hydrogen-bond acceptors (Lipinski definition) is 2. The molecule has 0 bridgehead atoms. The lowest BCUT2D eigenvalue weighted by molar-refractivity contribution is 0.214. The Morgan fingerprint density at radius 3 is 2.41 bits per heavy atom. The van der Waals surface area contributed by atoms with E-state index in [9.17, 15) is 8.78 Å². The fraction of sp³-hybridized carbons (Fsp3) is 0.273. The van der Waals surface area contributed by atoms with Gasteiger partial charge in [-0.05, 0) is 48.4 Å². The molecular formula is C22H22F2N2O. The first kappa shape index (κ1) is 17.7. The van der Waals surface area contributed by atoms with Gasteiger partial charge in [-0.2, -0.15) is 0 Å². The minimum absolute atomic E-state index is 0.0765. The standard InChI is InChI=1S/C22H22F2N2O/c1-27-17-10-8-16(9-11-17)22-21-7-3-12-25(21)13-4-14-26(22)15-18-19(23)5-2-6-20(18)24/h2-3,5-12,22H,4,13-15H2,1H3/t22-/m0/s1. The summed E-state index contributed by atoms with van der Waals surface area (Å²) in [4.78, 5) is 2.15. The number of nitrogens with zero attached hydrogens (tertiary/aromatic N) is 2. The summed E-state index contributed by atoms with van der Waals surface area (Å²) < 4.78 is 36.1. The van der Waals surface area contributed by atoms with Gasteiger partial charge in [-0.1, -0.05) is 18.2 Å². The van der Waals surface area contributed by atoms with Crippen molar-refractivity contribution in [3.8, 4) is 5.75 Å². The summed E-state index contributed by atoms with van der Waals surface area (Å²) in [5.41, 5.74) is 2.33. The molecule has 0 N–H and O–H groups in total. The van der Waals surface area contributed by atoms with Crippen LogP contribution in [0, 0.1) is 11.6 Å². The Bertz CT molecular complexity index is 900. The van der Waals surface area contributed by atoms with E-state index in [0.29, 0.717) is 0 Å². The van der Waals surface area contributed by atoms with Gasteiger partial charge in [0, 0.05) is 37.1 Å². The van der Waals surface area contributed by atoms with Crippen molar-refractivity contribution in [3.05, 3.63) is 89.2 Å². The predicted octanol–water partition coefficient (Wildman–Crippen LogP) is 4.77. The second kappa shape index (κ2) is 7.53. The Morgan fingerprint density at radius 2 is 1.70 bits per heavy atom. The molecule has 0 radical (unpaired) electrons. The van der Waals surface area contributed by atoms with Gasteiger partial charge in [-0.25, -0.2) is 8.78 Å². The number of ether oxygens (including phenoxy) is 1. The molecule has 0 saturated carbocycles. The molecule has 0 amide bonds. The van der Waals surface area contributed by atoms with E-state index in [1.807, 2.05) is 30.3 Å². The van der Waals surface area contributed by atoms with Crippen LogP contribution in [0.15, 0.2) is 60.8 Å². The number of aryl methyl sites for hydroxylation is 1. The van der Waals surface area contributed by atoms with Gasteiger partial charge in [0.15, 0.2) is 0 Å². The van der Waals surface area contributed by atoms with E-state index in [4.69, 9.17) is 4.74 Å². The van der Waals surface area contributed by atoms with E-state index in [1.165, 1.54) is 18.2 Å². The van der Waals surface area contributed by atoms with Crippen LogP contribution in [0.5, 0.6) is 5.75 Å². The molecule has 1 aliphatic rings. The van der Waals surface area contributed by atoms with Gasteiger partial charge in [0.05, 0.1) is 13.2 Å². The molecule has 1 atom stereocenters. The van der Waals surface area contributed by atoms with Crippen LogP contribution in [0.3, 0.4) is 0 Å². The summed E-state index contributed by atoms with van der Waals surface area (Å²) in [7, 11) is 1.64. The Balaban J connectivity index is 1.76. The molecule has 0 unspecified atom stereocenters. The van der Waals surface area contributed by atoms with Gasteiger partial charge in [0.2, 0.25) is 0 Å². The fourth-order valence-electron chi connectivity index (χ4n) is 3.86. The van der Waals surface area contributed by atoms with Crippen molar-refractivity contribution in [2.75, 3.05) is 13.7 Å².